The van der Waals surface area contributed by atoms with E-state index in [2.05, 4.69) is 15.9 Å². The molecule has 1 heterocycles. The number of rotatable bonds is 4. The van der Waals surface area contributed by atoms with Crippen LogP contribution in [0.4, 0.5) is 0 Å². The summed E-state index contributed by atoms with van der Waals surface area (Å²) in [6, 6.07) is 8.06. The Morgan fingerprint density at radius 3 is 2.50 bits per heavy atom. The predicted octanol–water partition coefficient (Wildman–Crippen LogP) is 1.74. The van der Waals surface area contributed by atoms with Crippen LogP contribution in [0.3, 0.4) is 0 Å². The molecule has 5 heteroatoms. The molecule has 0 saturated carbocycles. The first-order chi connectivity index (χ1) is 8.63. The summed E-state index contributed by atoms with van der Waals surface area (Å²) in [6.45, 7) is 5.85. The number of benzene rings is 1. The van der Waals surface area contributed by atoms with Crippen molar-refractivity contribution < 1.29 is 0 Å². The summed E-state index contributed by atoms with van der Waals surface area (Å²) in [5.41, 5.74) is 6.83. The van der Waals surface area contributed by atoms with Crippen LogP contribution in [0.25, 0.3) is 0 Å². The molecule has 0 aliphatic carbocycles. The maximum atomic E-state index is 5.99. The highest BCUT2D eigenvalue weighted by Crippen LogP contribution is 2.13. The average Bonchev–Trinajstić information content (AvgIpc) is 2.31. The third-order valence-corrected chi connectivity index (χ3v) is 3.50. The molecule has 1 saturated heterocycles. The molecule has 18 heavy (non-hydrogen) atoms. The van der Waals surface area contributed by atoms with E-state index in [0.29, 0.717) is 4.99 Å². The molecule has 0 atom stereocenters. The standard InChI is InChI=1S/C13H18ClN3S/c14-12-3-1-2-11(8-12)9-16-4-6-17(7-5-16)10-13(15)18/h1-3,8H,4-7,9-10H2,(H2,15,18). The fraction of sp³-hybridized carbons (Fsp3) is 0.462. The van der Waals surface area contributed by atoms with Gasteiger partial charge in [-0.15, -0.1) is 0 Å². The molecule has 1 aromatic rings. The van der Waals surface area contributed by atoms with Crippen LogP contribution >= 0.6 is 23.8 Å². The topological polar surface area (TPSA) is 32.5 Å². The second kappa shape index (κ2) is 6.48. The summed E-state index contributed by atoms with van der Waals surface area (Å²) in [5.74, 6) is 0. The predicted molar refractivity (Wildman–Crippen MR) is 80.0 cm³/mol. The van der Waals surface area contributed by atoms with Crippen LogP contribution in [0, 0.1) is 0 Å². The van der Waals surface area contributed by atoms with Crippen molar-refractivity contribution in [3.63, 3.8) is 0 Å². The van der Waals surface area contributed by atoms with Gasteiger partial charge in [0.1, 0.15) is 0 Å². The van der Waals surface area contributed by atoms with Crippen molar-refractivity contribution in [2.45, 2.75) is 6.54 Å². The second-order valence-electron chi connectivity index (χ2n) is 4.65. The van der Waals surface area contributed by atoms with Gasteiger partial charge in [0.15, 0.2) is 0 Å². The average molecular weight is 284 g/mol. The number of hydrogen-bond donors (Lipinski definition) is 1. The van der Waals surface area contributed by atoms with E-state index in [0.717, 1.165) is 44.3 Å². The largest absolute Gasteiger partial charge is 0.392 e. The van der Waals surface area contributed by atoms with Gasteiger partial charge in [-0.25, -0.2) is 0 Å². The first kappa shape index (κ1) is 13.7. The Morgan fingerprint density at radius 2 is 1.89 bits per heavy atom. The fourth-order valence-electron chi connectivity index (χ4n) is 2.22. The number of hydrogen-bond acceptors (Lipinski definition) is 3. The van der Waals surface area contributed by atoms with Gasteiger partial charge in [0.2, 0.25) is 0 Å². The van der Waals surface area contributed by atoms with E-state index in [9.17, 15) is 0 Å². The van der Waals surface area contributed by atoms with Crippen molar-refractivity contribution in [3.05, 3.63) is 34.9 Å². The Kier molecular flexibility index (Phi) is 4.95. The third-order valence-electron chi connectivity index (χ3n) is 3.14. The SMILES string of the molecule is NC(=S)CN1CCN(Cc2cccc(Cl)c2)CC1. The highest BCUT2D eigenvalue weighted by Gasteiger charge is 2.17. The van der Waals surface area contributed by atoms with Crippen molar-refractivity contribution in [2.75, 3.05) is 32.7 Å². The van der Waals surface area contributed by atoms with Gasteiger partial charge < -0.3 is 5.73 Å². The lowest BCUT2D eigenvalue weighted by Crippen LogP contribution is -2.48. The van der Waals surface area contributed by atoms with E-state index in [1.165, 1.54) is 5.56 Å². The van der Waals surface area contributed by atoms with E-state index < -0.39 is 0 Å². The highest BCUT2D eigenvalue weighted by molar-refractivity contribution is 7.80. The molecular formula is C13H18ClN3S. The molecule has 1 aromatic carbocycles. The zero-order chi connectivity index (χ0) is 13.0. The van der Waals surface area contributed by atoms with Gasteiger partial charge in [0.05, 0.1) is 4.99 Å². The smallest absolute Gasteiger partial charge is 0.0870 e. The number of halogens is 1. The van der Waals surface area contributed by atoms with Gasteiger partial charge in [-0.3, -0.25) is 9.80 Å². The molecule has 0 bridgehead atoms. The summed E-state index contributed by atoms with van der Waals surface area (Å²) >= 11 is 10.9. The van der Waals surface area contributed by atoms with Gasteiger partial charge in [0.25, 0.3) is 0 Å². The maximum Gasteiger partial charge on any atom is 0.0870 e. The molecule has 0 spiro atoms. The van der Waals surface area contributed by atoms with E-state index >= 15 is 0 Å². The van der Waals surface area contributed by atoms with Gasteiger partial charge in [-0.1, -0.05) is 36.0 Å². The Hall–Kier alpha value is -0.680. The molecule has 0 aromatic heterocycles. The molecule has 98 valence electrons. The lowest BCUT2D eigenvalue weighted by Gasteiger charge is -2.34. The first-order valence-electron chi connectivity index (χ1n) is 6.11. The summed E-state index contributed by atoms with van der Waals surface area (Å²) in [7, 11) is 0. The minimum absolute atomic E-state index is 0.582. The monoisotopic (exact) mass is 283 g/mol. The number of piperazine rings is 1. The van der Waals surface area contributed by atoms with Crippen molar-refractivity contribution >= 4 is 28.8 Å². The molecule has 0 amide bonds. The van der Waals surface area contributed by atoms with Crippen molar-refractivity contribution in [1.29, 1.82) is 0 Å². The second-order valence-corrected chi connectivity index (χ2v) is 5.61. The summed E-state index contributed by atoms with van der Waals surface area (Å²) < 4.78 is 0. The molecule has 2 rings (SSSR count). The molecule has 2 N–H and O–H groups in total. The van der Waals surface area contributed by atoms with E-state index in [1.807, 2.05) is 18.2 Å². The van der Waals surface area contributed by atoms with Crippen LogP contribution in [0.2, 0.25) is 5.02 Å². The van der Waals surface area contributed by atoms with Crippen LogP contribution in [0.5, 0.6) is 0 Å². The number of nitrogens with two attached hydrogens (primary N) is 1. The zero-order valence-electron chi connectivity index (χ0n) is 10.3. The lowest BCUT2D eigenvalue weighted by molar-refractivity contribution is 0.140. The van der Waals surface area contributed by atoms with Crippen LogP contribution in [-0.4, -0.2) is 47.5 Å². The first-order valence-corrected chi connectivity index (χ1v) is 6.89. The molecule has 0 unspecified atom stereocenters. The zero-order valence-corrected chi connectivity index (χ0v) is 11.9. The highest BCUT2D eigenvalue weighted by atomic mass is 35.5. The minimum atomic E-state index is 0.582. The fourth-order valence-corrected chi connectivity index (χ4v) is 2.61. The van der Waals surface area contributed by atoms with Gasteiger partial charge in [-0.2, -0.15) is 0 Å². The van der Waals surface area contributed by atoms with Gasteiger partial charge in [-0.05, 0) is 17.7 Å². The van der Waals surface area contributed by atoms with Crippen LogP contribution in [0.15, 0.2) is 24.3 Å². The van der Waals surface area contributed by atoms with Gasteiger partial charge in [0, 0.05) is 44.3 Å². The Morgan fingerprint density at radius 1 is 1.22 bits per heavy atom. The summed E-state index contributed by atoms with van der Waals surface area (Å²) in [5, 5.41) is 0.805. The summed E-state index contributed by atoms with van der Waals surface area (Å²) in [6.07, 6.45) is 0. The van der Waals surface area contributed by atoms with Crippen molar-refractivity contribution in [3.8, 4) is 0 Å². The number of thiocarbonyl (C=S) groups is 1. The van der Waals surface area contributed by atoms with E-state index in [1.54, 1.807) is 0 Å². The molecule has 1 aliphatic heterocycles. The Bertz CT molecular complexity index is 416. The Labute approximate surface area is 119 Å². The molecule has 1 aliphatic rings. The number of nitrogens with zero attached hydrogens (tertiary/aromatic N) is 2. The quantitative estimate of drug-likeness (QED) is 0.854. The molecule has 3 nitrogen and oxygen atoms in total. The maximum absolute atomic E-state index is 5.99. The molecule has 0 radical (unpaired) electrons. The summed E-state index contributed by atoms with van der Waals surface area (Å²) in [4.78, 5) is 5.32. The third kappa shape index (κ3) is 4.21. The minimum Gasteiger partial charge on any atom is -0.392 e. The van der Waals surface area contributed by atoms with Crippen LogP contribution in [-0.2, 0) is 6.54 Å². The normalized spacial score (nSPS) is 17.8. The Balaban J connectivity index is 1.81. The van der Waals surface area contributed by atoms with Crippen molar-refractivity contribution in [1.82, 2.24) is 9.80 Å². The van der Waals surface area contributed by atoms with Crippen molar-refractivity contribution in [2.24, 2.45) is 5.73 Å². The van der Waals surface area contributed by atoms with E-state index in [-0.39, 0.29) is 0 Å². The van der Waals surface area contributed by atoms with Crippen LogP contribution in [0.1, 0.15) is 5.56 Å². The van der Waals surface area contributed by atoms with E-state index in [4.69, 9.17) is 29.6 Å². The van der Waals surface area contributed by atoms with Crippen LogP contribution < -0.4 is 5.73 Å². The molecular weight excluding hydrogens is 266 g/mol. The lowest BCUT2D eigenvalue weighted by atomic mass is 10.2. The molecule has 1 fully saturated rings. The van der Waals surface area contributed by atoms with Gasteiger partial charge >= 0.3 is 0 Å².